The smallest absolute Gasteiger partial charge is 0.263 e. The summed E-state index contributed by atoms with van der Waals surface area (Å²) in [7, 11) is -3.69. The van der Waals surface area contributed by atoms with Crippen molar-refractivity contribution in [1.82, 2.24) is 19.7 Å². The average molecular weight is 315 g/mol. The summed E-state index contributed by atoms with van der Waals surface area (Å²) in [4.78, 5) is 8.16. The molecular formula is C14H13N5O2S. The number of sulfonamides is 1. The first kappa shape index (κ1) is 14.2. The molecule has 0 aliphatic heterocycles. The quantitative estimate of drug-likeness (QED) is 0.792. The minimum Gasteiger partial charge on any atom is -0.263 e. The molecule has 22 heavy (non-hydrogen) atoms. The summed E-state index contributed by atoms with van der Waals surface area (Å²) in [6, 6.07) is 9.84. The van der Waals surface area contributed by atoms with Crippen LogP contribution in [-0.2, 0) is 10.0 Å². The normalized spacial score (nSPS) is 11.3. The highest BCUT2D eigenvalue weighted by Crippen LogP contribution is 2.16. The molecule has 0 fully saturated rings. The van der Waals surface area contributed by atoms with Crippen molar-refractivity contribution < 1.29 is 8.42 Å². The maximum absolute atomic E-state index is 12.3. The predicted octanol–water partition coefficient (Wildman–Crippen LogP) is 1.77. The third-order valence-electron chi connectivity index (χ3n) is 2.96. The van der Waals surface area contributed by atoms with E-state index in [0.29, 0.717) is 5.82 Å². The number of aryl methyl sites for hydroxylation is 1. The number of nitrogens with zero attached hydrogens (tertiary/aromatic N) is 4. The van der Waals surface area contributed by atoms with Gasteiger partial charge in [0.25, 0.3) is 10.0 Å². The summed E-state index contributed by atoms with van der Waals surface area (Å²) < 4.78 is 28.6. The van der Waals surface area contributed by atoms with Gasteiger partial charge in [-0.25, -0.2) is 23.1 Å². The lowest BCUT2D eigenvalue weighted by atomic mass is 10.2. The molecular weight excluding hydrogens is 302 g/mol. The fraction of sp³-hybridized carbons (Fsp3) is 0.0714. The van der Waals surface area contributed by atoms with Crippen LogP contribution in [0.4, 0.5) is 5.82 Å². The Bertz CT molecular complexity index is 874. The lowest BCUT2D eigenvalue weighted by Crippen LogP contribution is -2.14. The van der Waals surface area contributed by atoms with E-state index in [2.05, 4.69) is 19.8 Å². The molecule has 0 radical (unpaired) electrons. The molecule has 112 valence electrons. The van der Waals surface area contributed by atoms with E-state index in [-0.39, 0.29) is 10.7 Å². The van der Waals surface area contributed by atoms with Gasteiger partial charge in [-0.2, -0.15) is 5.10 Å². The second-order valence-corrected chi connectivity index (χ2v) is 6.31. The van der Waals surface area contributed by atoms with Crippen LogP contribution in [0.5, 0.6) is 0 Å². The summed E-state index contributed by atoms with van der Waals surface area (Å²) >= 11 is 0. The Balaban J connectivity index is 1.89. The van der Waals surface area contributed by atoms with Gasteiger partial charge in [0.2, 0.25) is 0 Å². The molecule has 2 heterocycles. The molecule has 2 aromatic heterocycles. The largest absolute Gasteiger partial charge is 0.263 e. The summed E-state index contributed by atoms with van der Waals surface area (Å²) in [5, 5.41) is 4.04. The molecule has 0 amide bonds. The van der Waals surface area contributed by atoms with E-state index in [1.807, 2.05) is 6.92 Å². The average Bonchev–Trinajstić information content (AvgIpc) is 3.02. The summed E-state index contributed by atoms with van der Waals surface area (Å²) in [6.45, 7) is 1.89. The Hall–Kier alpha value is -2.74. The Morgan fingerprint density at radius 3 is 2.59 bits per heavy atom. The first-order valence-corrected chi connectivity index (χ1v) is 7.94. The van der Waals surface area contributed by atoms with Crippen molar-refractivity contribution in [3.05, 3.63) is 60.7 Å². The van der Waals surface area contributed by atoms with Crippen LogP contribution in [0.25, 0.3) is 5.82 Å². The van der Waals surface area contributed by atoms with Gasteiger partial charge in [-0.15, -0.1) is 0 Å². The highest BCUT2D eigenvalue weighted by Gasteiger charge is 2.15. The Labute approximate surface area is 127 Å². The van der Waals surface area contributed by atoms with Crippen molar-refractivity contribution in [2.24, 2.45) is 0 Å². The monoisotopic (exact) mass is 315 g/mol. The molecule has 0 spiro atoms. The Morgan fingerprint density at radius 2 is 1.91 bits per heavy atom. The van der Waals surface area contributed by atoms with Crippen molar-refractivity contribution in [2.75, 3.05) is 4.72 Å². The standard InChI is InChI=1S/C14H13N5O2S/c1-11-3-5-12(6-4-11)22(20,21)18-13-9-14(16-10-15-13)19-8-2-7-17-19/h2-10H,1H3,(H,15,16,18). The molecule has 0 aliphatic rings. The van der Waals surface area contributed by atoms with Crippen LogP contribution >= 0.6 is 0 Å². The first-order valence-electron chi connectivity index (χ1n) is 6.46. The molecule has 3 rings (SSSR count). The first-order chi connectivity index (χ1) is 10.5. The maximum atomic E-state index is 12.3. The minimum absolute atomic E-state index is 0.178. The number of hydrogen-bond donors (Lipinski definition) is 1. The van der Waals surface area contributed by atoms with Crippen molar-refractivity contribution in [1.29, 1.82) is 0 Å². The zero-order valence-corrected chi connectivity index (χ0v) is 12.5. The maximum Gasteiger partial charge on any atom is 0.263 e. The number of hydrogen-bond acceptors (Lipinski definition) is 5. The summed E-state index contributed by atoms with van der Waals surface area (Å²) in [6.07, 6.45) is 4.60. The van der Waals surface area contributed by atoms with E-state index >= 15 is 0 Å². The van der Waals surface area contributed by atoms with Crippen molar-refractivity contribution in [3.63, 3.8) is 0 Å². The second-order valence-electron chi connectivity index (χ2n) is 4.63. The molecule has 1 N–H and O–H groups in total. The highest BCUT2D eigenvalue weighted by molar-refractivity contribution is 7.92. The molecule has 3 aromatic rings. The van der Waals surface area contributed by atoms with Gasteiger partial charge in [-0.05, 0) is 25.1 Å². The van der Waals surface area contributed by atoms with Gasteiger partial charge in [0, 0.05) is 18.5 Å². The number of rotatable bonds is 4. The van der Waals surface area contributed by atoms with Gasteiger partial charge in [-0.3, -0.25) is 4.72 Å². The Kier molecular flexibility index (Phi) is 3.60. The highest BCUT2D eigenvalue weighted by atomic mass is 32.2. The number of nitrogens with one attached hydrogen (secondary N) is 1. The van der Waals surface area contributed by atoms with E-state index < -0.39 is 10.0 Å². The lowest BCUT2D eigenvalue weighted by molar-refractivity contribution is 0.601. The van der Waals surface area contributed by atoms with Gasteiger partial charge in [0.1, 0.15) is 12.1 Å². The fourth-order valence-corrected chi connectivity index (χ4v) is 2.85. The van der Waals surface area contributed by atoms with Crippen LogP contribution in [0, 0.1) is 6.92 Å². The van der Waals surface area contributed by atoms with Gasteiger partial charge >= 0.3 is 0 Å². The zero-order chi connectivity index (χ0) is 15.6. The van der Waals surface area contributed by atoms with Gasteiger partial charge < -0.3 is 0 Å². The zero-order valence-electron chi connectivity index (χ0n) is 11.7. The molecule has 0 atom stereocenters. The number of anilines is 1. The van der Waals surface area contributed by atoms with E-state index in [1.165, 1.54) is 17.1 Å². The van der Waals surface area contributed by atoms with Crippen LogP contribution in [0.2, 0.25) is 0 Å². The molecule has 0 bridgehead atoms. The molecule has 8 heteroatoms. The molecule has 0 saturated carbocycles. The second kappa shape index (κ2) is 5.57. The SMILES string of the molecule is Cc1ccc(S(=O)(=O)Nc2cc(-n3cccn3)ncn2)cc1. The number of aromatic nitrogens is 4. The molecule has 0 saturated heterocycles. The van der Waals surface area contributed by atoms with Crippen LogP contribution in [0.3, 0.4) is 0 Å². The molecule has 7 nitrogen and oxygen atoms in total. The van der Waals surface area contributed by atoms with Crippen LogP contribution in [0.1, 0.15) is 5.56 Å². The van der Waals surface area contributed by atoms with Gasteiger partial charge in [0.15, 0.2) is 5.82 Å². The van der Waals surface area contributed by atoms with Crippen LogP contribution in [-0.4, -0.2) is 28.2 Å². The third kappa shape index (κ3) is 2.96. The molecule has 1 aromatic carbocycles. The van der Waals surface area contributed by atoms with E-state index in [9.17, 15) is 8.42 Å². The van der Waals surface area contributed by atoms with Gasteiger partial charge in [0.05, 0.1) is 4.90 Å². The van der Waals surface area contributed by atoms with E-state index in [1.54, 1.807) is 42.7 Å². The molecule has 0 unspecified atom stereocenters. The predicted molar refractivity (Wildman–Crippen MR) is 81.1 cm³/mol. The van der Waals surface area contributed by atoms with Crippen molar-refractivity contribution >= 4 is 15.8 Å². The number of benzene rings is 1. The van der Waals surface area contributed by atoms with E-state index in [0.717, 1.165) is 5.56 Å². The van der Waals surface area contributed by atoms with Crippen molar-refractivity contribution in [3.8, 4) is 5.82 Å². The summed E-state index contributed by atoms with van der Waals surface area (Å²) in [5.74, 6) is 0.655. The van der Waals surface area contributed by atoms with Crippen molar-refractivity contribution in [2.45, 2.75) is 11.8 Å². The fourth-order valence-electron chi connectivity index (χ4n) is 1.85. The lowest BCUT2D eigenvalue weighted by Gasteiger charge is -2.08. The Morgan fingerprint density at radius 1 is 1.14 bits per heavy atom. The van der Waals surface area contributed by atoms with Gasteiger partial charge in [-0.1, -0.05) is 17.7 Å². The minimum atomic E-state index is -3.69. The third-order valence-corrected chi connectivity index (χ3v) is 4.33. The topological polar surface area (TPSA) is 89.8 Å². The molecule has 0 aliphatic carbocycles. The van der Waals surface area contributed by atoms with Crippen LogP contribution < -0.4 is 4.72 Å². The summed E-state index contributed by atoms with van der Waals surface area (Å²) in [5.41, 5.74) is 0.988. The van der Waals surface area contributed by atoms with E-state index in [4.69, 9.17) is 0 Å². The van der Waals surface area contributed by atoms with Crippen LogP contribution in [0.15, 0.2) is 60.0 Å².